The van der Waals surface area contributed by atoms with Crippen LogP contribution in [-0.2, 0) is 16.0 Å². The van der Waals surface area contributed by atoms with E-state index in [1.807, 2.05) is 28.2 Å². The Morgan fingerprint density at radius 1 is 1.05 bits per heavy atom. The third-order valence-corrected chi connectivity index (χ3v) is 4.53. The number of amides is 2. The van der Waals surface area contributed by atoms with Crippen LogP contribution in [0.25, 0.3) is 0 Å². The summed E-state index contributed by atoms with van der Waals surface area (Å²) >= 11 is 7.39. The molecule has 1 heterocycles. The first-order valence-electron chi connectivity index (χ1n) is 7.39. The van der Waals surface area contributed by atoms with Gasteiger partial charge in [-0.25, -0.2) is 0 Å². The van der Waals surface area contributed by atoms with Gasteiger partial charge in [-0.3, -0.25) is 9.59 Å². The maximum atomic E-state index is 12.4. The molecule has 2 rings (SSSR count). The van der Waals surface area contributed by atoms with Crippen LogP contribution in [0.1, 0.15) is 12.0 Å². The Morgan fingerprint density at radius 2 is 1.64 bits per heavy atom. The van der Waals surface area contributed by atoms with Crippen molar-refractivity contribution in [3.05, 3.63) is 34.9 Å². The molecule has 0 saturated carbocycles. The number of rotatable bonds is 4. The van der Waals surface area contributed by atoms with E-state index < -0.39 is 0 Å². The van der Waals surface area contributed by atoms with E-state index >= 15 is 0 Å². The van der Waals surface area contributed by atoms with Gasteiger partial charge in [0.1, 0.15) is 0 Å². The van der Waals surface area contributed by atoms with Crippen LogP contribution in [0.2, 0.25) is 5.02 Å². The predicted molar refractivity (Wildman–Crippen MR) is 91.3 cm³/mol. The summed E-state index contributed by atoms with van der Waals surface area (Å²) in [7, 11) is 0. The van der Waals surface area contributed by atoms with E-state index in [0.717, 1.165) is 25.1 Å². The smallest absolute Gasteiger partial charge is 0.232 e. The molecule has 0 radical (unpaired) electrons. The van der Waals surface area contributed by atoms with E-state index in [2.05, 4.69) is 0 Å². The number of hydrogen-bond acceptors (Lipinski definition) is 3. The summed E-state index contributed by atoms with van der Waals surface area (Å²) in [5.74, 6) is 0.791. The molecular formula is C16H21ClN2O2S. The van der Waals surface area contributed by atoms with Gasteiger partial charge in [0.05, 0.1) is 12.2 Å². The normalized spacial score (nSPS) is 15.5. The summed E-state index contributed by atoms with van der Waals surface area (Å²) in [6, 6.07) is 7.36. The van der Waals surface area contributed by atoms with Crippen LogP contribution in [0.4, 0.5) is 0 Å². The van der Waals surface area contributed by atoms with Crippen LogP contribution >= 0.6 is 23.4 Å². The largest absolute Gasteiger partial charge is 0.341 e. The van der Waals surface area contributed by atoms with Gasteiger partial charge in [0.25, 0.3) is 0 Å². The van der Waals surface area contributed by atoms with Gasteiger partial charge >= 0.3 is 0 Å². The molecule has 22 heavy (non-hydrogen) atoms. The Labute approximate surface area is 140 Å². The molecule has 0 aromatic heterocycles. The van der Waals surface area contributed by atoms with E-state index in [1.165, 1.54) is 11.8 Å². The average Bonchev–Trinajstić information content (AvgIpc) is 2.76. The van der Waals surface area contributed by atoms with Gasteiger partial charge in [-0.1, -0.05) is 23.7 Å². The molecular weight excluding hydrogens is 320 g/mol. The summed E-state index contributed by atoms with van der Waals surface area (Å²) in [5, 5.41) is 0.675. The highest BCUT2D eigenvalue weighted by Gasteiger charge is 2.21. The first kappa shape index (κ1) is 17.2. The first-order chi connectivity index (χ1) is 10.6. The zero-order chi connectivity index (χ0) is 15.9. The second-order valence-corrected chi connectivity index (χ2v) is 6.65. The van der Waals surface area contributed by atoms with Crippen molar-refractivity contribution in [2.45, 2.75) is 12.8 Å². The lowest BCUT2D eigenvalue weighted by Crippen LogP contribution is -2.38. The molecule has 0 aliphatic carbocycles. The van der Waals surface area contributed by atoms with Crippen molar-refractivity contribution in [2.24, 2.45) is 0 Å². The van der Waals surface area contributed by atoms with E-state index in [4.69, 9.17) is 11.6 Å². The number of halogens is 1. The summed E-state index contributed by atoms with van der Waals surface area (Å²) in [6.45, 7) is 2.71. The standard InChI is InChI=1S/C16H21ClN2O2S/c1-22-12-16(21)19-8-2-7-18(9-10-19)15(20)11-13-3-5-14(17)6-4-13/h3-6H,2,7-12H2,1H3. The van der Waals surface area contributed by atoms with Gasteiger partial charge in [0.2, 0.25) is 11.8 Å². The Bertz CT molecular complexity index is 521. The van der Waals surface area contributed by atoms with Crippen molar-refractivity contribution in [2.75, 3.05) is 38.2 Å². The van der Waals surface area contributed by atoms with Crippen molar-refractivity contribution in [3.63, 3.8) is 0 Å². The second kappa shape index (κ2) is 8.44. The van der Waals surface area contributed by atoms with E-state index in [-0.39, 0.29) is 11.8 Å². The van der Waals surface area contributed by atoms with Crippen molar-refractivity contribution >= 4 is 35.2 Å². The fourth-order valence-corrected chi connectivity index (χ4v) is 3.08. The third-order valence-electron chi connectivity index (χ3n) is 3.74. The van der Waals surface area contributed by atoms with Crippen LogP contribution in [0, 0.1) is 0 Å². The number of hydrogen-bond donors (Lipinski definition) is 0. The summed E-state index contributed by atoms with van der Waals surface area (Å²) in [6.07, 6.45) is 3.15. The van der Waals surface area contributed by atoms with Gasteiger partial charge in [-0.2, -0.15) is 11.8 Å². The van der Waals surface area contributed by atoms with Crippen LogP contribution in [0.5, 0.6) is 0 Å². The minimum atomic E-state index is 0.112. The molecule has 1 aliphatic heterocycles. The van der Waals surface area contributed by atoms with Crippen molar-refractivity contribution in [1.29, 1.82) is 0 Å². The highest BCUT2D eigenvalue weighted by atomic mass is 35.5. The Morgan fingerprint density at radius 3 is 2.23 bits per heavy atom. The SMILES string of the molecule is CSCC(=O)N1CCCN(C(=O)Cc2ccc(Cl)cc2)CC1. The van der Waals surface area contributed by atoms with Crippen molar-refractivity contribution < 1.29 is 9.59 Å². The number of thioether (sulfide) groups is 1. The Kier molecular flexibility index (Phi) is 6.58. The van der Waals surface area contributed by atoms with Crippen LogP contribution in [0.15, 0.2) is 24.3 Å². The van der Waals surface area contributed by atoms with Gasteiger partial charge in [-0.05, 0) is 30.4 Å². The van der Waals surface area contributed by atoms with Crippen LogP contribution in [-0.4, -0.2) is 59.8 Å². The van der Waals surface area contributed by atoms with Crippen molar-refractivity contribution in [3.8, 4) is 0 Å². The molecule has 1 aromatic rings. The summed E-state index contributed by atoms with van der Waals surface area (Å²) in [4.78, 5) is 28.1. The van der Waals surface area contributed by atoms with Gasteiger partial charge in [0, 0.05) is 31.2 Å². The lowest BCUT2D eigenvalue weighted by atomic mass is 10.1. The molecule has 0 spiro atoms. The number of nitrogens with zero attached hydrogens (tertiary/aromatic N) is 2. The van der Waals surface area contributed by atoms with Gasteiger partial charge < -0.3 is 9.80 Å². The van der Waals surface area contributed by atoms with E-state index in [1.54, 1.807) is 12.1 Å². The minimum Gasteiger partial charge on any atom is -0.341 e. The molecule has 4 nitrogen and oxygen atoms in total. The molecule has 0 unspecified atom stereocenters. The van der Waals surface area contributed by atoms with E-state index in [0.29, 0.717) is 30.3 Å². The molecule has 0 bridgehead atoms. The van der Waals surface area contributed by atoms with Crippen molar-refractivity contribution in [1.82, 2.24) is 9.80 Å². The summed E-state index contributed by atoms with van der Waals surface area (Å²) in [5.41, 5.74) is 0.967. The van der Waals surface area contributed by atoms with Gasteiger partial charge in [0.15, 0.2) is 0 Å². The lowest BCUT2D eigenvalue weighted by molar-refractivity contribution is -0.132. The molecule has 2 amide bonds. The average molecular weight is 341 g/mol. The molecule has 1 aromatic carbocycles. The van der Waals surface area contributed by atoms with Gasteiger partial charge in [-0.15, -0.1) is 0 Å². The number of benzene rings is 1. The topological polar surface area (TPSA) is 40.6 Å². The molecule has 0 N–H and O–H groups in total. The monoisotopic (exact) mass is 340 g/mol. The molecule has 0 atom stereocenters. The zero-order valence-corrected chi connectivity index (χ0v) is 14.3. The lowest BCUT2D eigenvalue weighted by Gasteiger charge is -2.22. The fourth-order valence-electron chi connectivity index (χ4n) is 2.52. The molecule has 1 fully saturated rings. The molecule has 1 saturated heterocycles. The van der Waals surface area contributed by atoms with E-state index in [9.17, 15) is 9.59 Å². The maximum Gasteiger partial charge on any atom is 0.232 e. The maximum absolute atomic E-state index is 12.4. The quantitative estimate of drug-likeness (QED) is 0.844. The number of carbonyl (C=O) groups excluding carboxylic acids is 2. The zero-order valence-electron chi connectivity index (χ0n) is 12.8. The Hall–Kier alpha value is -1.20. The molecule has 1 aliphatic rings. The molecule has 6 heteroatoms. The third kappa shape index (κ3) is 4.92. The predicted octanol–water partition coefficient (Wildman–Crippen LogP) is 2.31. The summed E-state index contributed by atoms with van der Waals surface area (Å²) < 4.78 is 0. The first-order valence-corrected chi connectivity index (χ1v) is 9.16. The Balaban J connectivity index is 1.88. The minimum absolute atomic E-state index is 0.112. The second-order valence-electron chi connectivity index (χ2n) is 5.35. The number of carbonyl (C=O) groups is 2. The highest BCUT2D eigenvalue weighted by molar-refractivity contribution is 7.99. The van der Waals surface area contributed by atoms with Crippen LogP contribution < -0.4 is 0 Å². The van der Waals surface area contributed by atoms with Crippen LogP contribution in [0.3, 0.4) is 0 Å². The highest BCUT2D eigenvalue weighted by Crippen LogP contribution is 2.12. The molecule has 120 valence electrons. The fraction of sp³-hybridized carbons (Fsp3) is 0.500.